The molecule has 0 spiro atoms. The Morgan fingerprint density at radius 1 is 0.800 bits per heavy atom. The maximum absolute atomic E-state index is 9.34. The normalized spacial score (nSPS) is 9.20. The Bertz CT molecular complexity index is 1070. The summed E-state index contributed by atoms with van der Waals surface area (Å²) in [6, 6.07) is 19.7. The van der Waals surface area contributed by atoms with Crippen molar-refractivity contribution >= 4 is 11.4 Å². The van der Waals surface area contributed by atoms with Crippen LogP contribution in [0.5, 0.6) is 11.5 Å². The van der Waals surface area contributed by atoms with Crippen LogP contribution in [0.2, 0.25) is 0 Å². The molecule has 0 heterocycles. The number of hydrogen-bond acceptors (Lipinski definition) is 6. The van der Waals surface area contributed by atoms with Crippen LogP contribution >= 0.6 is 0 Å². The molecule has 0 fully saturated rings. The van der Waals surface area contributed by atoms with Gasteiger partial charge in [0.15, 0.2) is 24.0 Å². The maximum Gasteiger partial charge on any atom is 0.290 e. The molecule has 0 bridgehead atoms. The van der Waals surface area contributed by atoms with Crippen molar-refractivity contribution in [2.24, 2.45) is 0 Å². The van der Waals surface area contributed by atoms with E-state index in [4.69, 9.17) is 20.0 Å². The molecule has 1 radical (unpaired) electrons. The zero-order chi connectivity index (χ0) is 21.9. The summed E-state index contributed by atoms with van der Waals surface area (Å²) < 4.78 is 10.4. The number of methoxy groups -OCH3 is 2. The van der Waals surface area contributed by atoms with Crippen LogP contribution in [0.1, 0.15) is 11.1 Å². The van der Waals surface area contributed by atoms with E-state index in [0.29, 0.717) is 17.1 Å². The predicted molar refractivity (Wildman–Crippen MR) is 112 cm³/mol. The van der Waals surface area contributed by atoms with Crippen LogP contribution < -0.4 is 14.4 Å². The molecule has 0 aliphatic carbocycles. The molecule has 0 saturated heterocycles. The summed E-state index contributed by atoms with van der Waals surface area (Å²) >= 11 is 0. The number of ether oxygens (including phenoxy) is 2. The molecule has 0 aliphatic heterocycles. The van der Waals surface area contributed by atoms with Crippen LogP contribution in [-0.2, 0) is 0 Å². The Balaban J connectivity index is 2.73. The summed E-state index contributed by atoms with van der Waals surface area (Å²) in [7, 11) is 3.13. The summed E-state index contributed by atoms with van der Waals surface area (Å²) in [4.78, 5) is 1.17. The first-order valence-electron chi connectivity index (χ1n) is 8.58. The van der Waals surface area contributed by atoms with Gasteiger partial charge in [-0.2, -0.15) is 21.7 Å². The molecular weight excluding hydrogens is 378 g/mol. The molecule has 0 unspecified atom stereocenters. The average Bonchev–Trinajstić information content (AvgIpc) is 2.81. The first-order chi connectivity index (χ1) is 14.6. The third kappa shape index (κ3) is 5.23. The minimum absolute atomic E-state index is 0.252. The highest BCUT2D eigenvalue weighted by atomic mass is 16.5. The van der Waals surface area contributed by atoms with Crippen molar-refractivity contribution in [1.29, 1.82) is 15.8 Å². The molecule has 2 aromatic carbocycles. The molecule has 0 aromatic heterocycles. The minimum atomic E-state index is -0.294. The van der Waals surface area contributed by atoms with Crippen LogP contribution in [0.25, 0.3) is 11.0 Å². The van der Waals surface area contributed by atoms with Crippen molar-refractivity contribution in [3.63, 3.8) is 0 Å². The summed E-state index contributed by atoms with van der Waals surface area (Å²) in [5.41, 5.74) is 1.64. The number of rotatable bonds is 7. The second-order valence-electron chi connectivity index (χ2n) is 5.75. The van der Waals surface area contributed by atoms with E-state index in [1.807, 2.05) is 24.3 Å². The van der Waals surface area contributed by atoms with Crippen molar-refractivity contribution in [3.05, 3.63) is 88.7 Å². The standard InChI is InChI=1S/C23H16N5O2/c1-29-21-7-3-18(4-8-21)23(19-5-9-22(30-2)10-6-19)16-28(20(13-26)14-27)15-17(11-24)12-25/h3-10,15-16H,1-2H3. The number of nitrogens with zero attached hydrogens (tertiary/aromatic N) is 5. The highest BCUT2D eigenvalue weighted by Crippen LogP contribution is 2.28. The van der Waals surface area contributed by atoms with E-state index in [0.717, 1.165) is 17.3 Å². The lowest BCUT2D eigenvalue weighted by molar-refractivity contribution is 0.414. The number of nitriles is 3. The third-order valence-corrected chi connectivity index (χ3v) is 4.05. The average molecular weight is 394 g/mol. The Hall–Kier alpha value is -4.60. The second kappa shape index (κ2) is 10.7. The fourth-order valence-corrected chi connectivity index (χ4v) is 2.52. The molecule has 0 saturated carbocycles. The molecule has 30 heavy (non-hydrogen) atoms. The van der Waals surface area contributed by atoms with Gasteiger partial charge >= 0.3 is 0 Å². The van der Waals surface area contributed by atoms with Crippen molar-refractivity contribution in [1.82, 2.24) is 4.90 Å². The third-order valence-electron chi connectivity index (χ3n) is 4.05. The Labute approximate surface area is 174 Å². The van der Waals surface area contributed by atoms with Crippen LogP contribution in [0.15, 0.2) is 72.2 Å². The van der Waals surface area contributed by atoms with Gasteiger partial charge in [0.1, 0.15) is 23.6 Å². The van der Waals surface area contributed by atoms with Crippen LogP contribution in [0.3, 0.4) is 0 Å². The van der Waals surface area contributed by atoms with Gasteiger partial charge in [-0.25, -0.2) is 0 Å². The Kier molecular flexibility index (Phi) is 7.71. The Morgan fingerprint density at radius 2 is 1.27 bits per heavy atom. The van der Waals surface area contributed by atoms with E-state index in [9.17, 15) is 10.7 Å². The largest absolute Gasteiger partial charge is 0.757 e. The van der Waals surface area contributed by atoms with Crippen molar-refractivity contribution < 1.29 is 9.47 Å². The fraction of sp³-hybridized carbons (Fsp3) is 0.0870. The first-order valence-corrected chi connectivity index (χ1v) is 8.58. The summed E-state index contributed by atoms with van der Waals surface area (Å²) in [6.07, 6.45) is 2.68. The minimum Gasteiger partial charge on any atom is -0.757 e. The zero-order valence-corrected chi connectivity index (χ0v) is 16.3. The lowest BCUT2D eigenvalue weighted by Crippen LogP contribution is -2.17. The van der Waals surface area contributed by atoms with Crippen molar-refractivity contribution in [2.75, 3.05) is 14.2 Å². The maximum atomic E-state index is 9.34. The van der Waals surface area contributed by atoms with Gasteiger partial charge in [-0.3, -0.25) is 0 Å². The van der Waals surface area contributed by atoms with Gasteiger partial charge in [-0.1, -0.05) is 29.2 Å². The van der Waals surface area contributed by atoms with Gasteiger partial charge in [-0.05, 0) is 35.4 Å². The van der Waals surface area contributed by atoms with Crippen molar-refractivity contribution in [2.45, 2.75) is 0 Å². The first kappa shape index (κ1) is 21.7. The van der Waals surface area contributed by atoms with E-state index in [1.165, 1.54) is 11.1 Å². The van der Waals surface area contributed by atoms with Crippen LogP contribution in [-0.4, -0.2) is 20.1 Å². The lowest BCUT2D eigenvalue weighted by atomic mass is 9.98. The molecular formula is C23H16N5O2. The zero-order valence-electron chi connectivity index (χ0n) is 16.3. The topological polar surface area (TPSA) is 118 Å². The molecule has 145 valence electrons. The highest BCUT2D eigenvalue weighted by molar-refractivity contribution is 5.81. The molecule has 0 atom stereocenters. The Morgan fingerprint density at radius 3 is 1.60 bits per heavy atom. The summed E-state index contributed by atoms with van der Waals surface area (Å²) in [5, 5.41) is 36.9. The van der Waals surface area contributed by atoms with Gasteiger partial charge < -0.3 is 14.9 Å². The monoisotopic (exact) mass is 394 g/mol. The smallest absolute Gasteiger partial charge is 0.290 e. The van der Waals surface area contributed by atoms with E-state index in [-0.39, 0.29) is 11.3 Å². The second-order valence-corrected chi connectivity index (χ2v) is 5.75. The number of allylic oxidation sites excluding steroid dienone is 2. The number of hydrogen-bond donors (Lipinski definition) is 0. The van der Waals surface area contributed by atoms with E-state index in [1.54, 1.807) is 62.6 Å². The molecule has 7 nitrogen and oxygen atoms in total. The van der Waals surface area contributed by atoms with Crippen LogP contribution in [0.4, 0.5) is 0 Å². The molecule has 0 N–H and O–H groups in total. The van der Waals surface area contributed by atoms with Gasteiger partial charge in [0, 0.05) is 5.57 Å². The predicted octanol–water partition coefficient (Wildman–Crippen LogP) is 3.81. The van der Waals surface area contributed by atoms with Crippen molar-refractivity contribution in [3.8, 4) is 29.7 Å². The van der Waals surface area contributed by atoms with Gasteiger partial charge in [0.25, 0.3) is 5.70 Å². The molecule has 2 aromatic rings. The SMILES string of the molecule is COc1ccc(C(=C[N+](C=C(C#N)C#N)C(=C=[N-])C#N)c2ccc(OC)cc2)cc1. The van der Waals surface area contributed by atoms with Crippen LogP contribution in [0, 0.1) is 34.0 Å². The molecule has 7 heteroatoms. The van der Waals surface area contributed by atoms with E-state index in [2.05, 4.69) is 0 Å². The number of benzene rings is 2. The van der Waals surface area contributed by atoms with Gasteiger partial charge in [0.2, 0.25) is 0 Å². The fourth-order valence-electron chi connectivity index (χ4n) is 2.52. The lowest BCUT2D eigenvalue weighted by Gasteiger charge is -2.10. The van der Waals surface area contributed by atoms with E-state index >= 15 is 0 Å². The van der Waals surface area contributed by atoms with Gasteiger partial charge in [-0.15, -0.1) is 0 Å². The summed E-state index contributed by atoms with van der Waals surface area (Å²) in [5.74, 6) is 3.12. The quantitative estimate of drug-likeness (QED) is 0.402. The molecule has 0 amide bonds. The summed E-state index contributed by atoms with van der Waals surface area (Å²) in [6.45, 7) is 0. The van der Waals surface area contributed by atoms with E-state index < -0.39 is 0 Å². The molecule has 2 rings (SSSR count). The molecule has 0 aliphatic rings. The highest BCUT2D eigenvalue weighted by Gasteiger charge is 2.21. The van der Waals surface area contributed by atoms with Gasteiger partial charge in [0.05, 0.1) is 14.2 Å².